The van der Waals surface area contributed by atoms with E-state index in [1.165, 1.54) is 0 Å². The number of nitrogens with one attached hydrogen (secondary N) is 1. The summed E-state index contributed by atoms with van der Waals surface area (Å²) in [6.45, 7) is -7.24. The molecule has 0 radical (unpaired) electrons. The minimum Gasteiger partial charge on any atom is -0.452 e. The van der Waals surface area contributed by atoms with Crippen LogP contribution >= 0.6 is 0 Å². The molecule has 0 heterocycles. The van der Waals surface area contributed by atoms with Gasteiger partial charge in [0.1, 0.15) is 11.5 Å². The zero-order valence-electron chi connectivity index (χ0n) is 12.8. The number of amides is 3. The van der Waals surface area contributed by atoms with Crippen LogP contribution in [0, 0.1) is 0 Å². The fourth-order valence-electron chi connectivity index (χ4n) is 1.54. The molecule has 26 heavy (non-hydrogen) atoms. The number of urea groups is 1. The summed E-state index contributed by atoms with van der Waals surface area (Å²) in [7, 11) is 0. The molecule has 1 aromatic carbocycles. The standard InChI is InChI=1S/C14H12F4N2O6/c15-12(16)25-8-3-1-7(9(5-8)26-13(17)18)2-4-11(22)24-6-10(21)20-14(19)23/h1-5,12-13H,6H2,(H3,19,20,21,23)/b4-2+. The molecule has 1 aromatic rings. The summed E-state index contributed by atoms with van der Waals surface area (Å²) < 4.78 is 61.8. The molecule has 0 spiro atoms. The Bertz CT molecular complexity index is 696. The van der Waals surface area contributed by atoms with Gasteiger partial charge >= 0.3 is 25.2 Å². The fourth-order valence-corrected chi connectivity index (χ4v) is 1.54. The minimum absolute atomic E-state index is 0.0783. The van der Waals surface area contributed by atoms with Crippen LogP contribution in [0.5, 0.6) is 11.5 Å². The maximum atomic E-state index is 12.4. The van der Waals surface area contributed by atoms with Crippen LogP contribution in [0.1, 0.15) is 5.56 Å². The van der Waals surface area contributed by atoms with Crippen LogP contribution in [0.2, 0.25) is 0 Å². The first-order valence-corrected chi connectivity index (χ1v) is 6.65. The Morgan fingerprint density at radius 3 is 2.35 bits per heavy atom. The summed E-state index contributed by atoms with van der Waals surface area (Å²) in [5.74, 6) is -3.00. The summed E-state index contributed by atoms with van der Waals surface area (Å²) in [6.07, 6.45) is 1.75. The first-order valence-electron chi connectivity index (χ1n) is 6.65. The smallest absolute Gasteiger partial charge is 0.387 e. The van der Waals surface area contributed by atoms with Crippen LogP contribution in [0.15, 0.2) is 24.3 Å². The van der Waals surface area contributed by atoms with Gasteiger partial charge in [0.2, 0.25) is 0 Å². The first-order chi connectivity index (χ1) is 12.2. The highest BCUT2D eigenvalue weighted by Gasteiger charge is 2.13. The molecule has 0 saturated carbocycles. The molecule has 3 N–H and O–H groups in total. The summed E-state index contributed by atoms with van der Waals surface area (Å²) in [6, 6.07) is 1.76. The fraction of sp³-hybridized carbons (Fsp3) is 0.214. The highest BCUT2D eigenvalue weighted by molar-refractivity contribution is 5.96. The molecule has 142 valence electrons. The Balaban J connectivity index is 2.79. The van der Waals surface area contributed by atoms with Crippen molar-refractivity contribution in [2.24, 2.45) is 5.73 Å². The van der Waals surface area contributed by atoms with Crippen molar-refractivity contribution in [1.29, 1.82) is 0 Å². The van der Waals surface area contributed by atoms with E-state index in [9.17, 15) is 31.9 Å². The van der Waals surface area contributed by atoms with E-state index in [-0.39, 0.29) is 5.56 Å². The van der Waals surface area contributed by atoms with Gasteiger partial charge in [0, 0.05) is 17.7 Å². The van der Waals surface area contributed by atoms with Crippen LogP contribution in [0.3, 0.4) is 0 Å². The van der Waals surface area contributed by atoms with Crippen molar-refractivity contribution < 1.29 is 46.2 Å². The Hall–Kier alpha value is -3.31. The summed E-state index contributed by atoms with van der Waals surface area (Å²) in [5.41, 5.74) is 4.60. The van der Waals surface area contributed by atoms with Gasteiger partial charge in [0.15, 0.2) is 6.61 Å². The van der Waals surface area contributed by atoms with Gasteiger partial charge in [-0.15, -0.1) is 0 Å². The normalized spacial score (nSPS) is 10.8. The third kappa shape index (κ3) is 7.99. The number of alkyl halides is 4. The highest BCUT2D eigenvalue weighted by Crippen LogP contribution is 2.28. The zero-order chi connectivity index (χ0) is 19.7. The van der Waals surface area contributed by atoms with E-state index in [2.05, 4.69) is 19.9 Å². The maximum Gasteiger partial charge on any atom is 0.387 e. The molecular formula is C14H12F4N2O6. The van der Waals surface area contributed by atoms with E-state index in [0.29, 0.717) is 0 Å². The highest BCUT2D eigenvalue weighted by atomic mass is 19.3. The molecule has 3 amide bonds. The van der Waals surface area contributed by atoms with Crippen molar-refractivity contribution in [3.05, 3.63) is 29.8 Å². The number of benzene rings is 1. The second-order valence-electron chi connectivity index (χ2n) is 4.31. The molecule has 0 aliphatic rings. The Kier molecular flexibility index (Phi) is 7.86. The van der Waals surface area contributed by atoms with Crippen molar-refractivity contribution in [1.82, 2.24) is 5.32 Å². The van der Waals surface area contributed by atoms with Crippen molar-refractivity contribution in [3.63, 3.8) is 0 Å². The zero-order valence-corrected chi connectivity index (χ0v) is 12.8. The number of hydrogen-bond donors (Lipinski definition) is 2. The Labute approximate surface area is 143 Å². The molecule has 0 aliphatic heterocycles. The van der Waals surface area contributed by atoms with Gasteiger partial charge in [-0.05, 0) is 18.2 Å². The number of hydrogen-bond acceptors (Lipinski definition) is 6. The molecule has 1 rings (SSSR count). The second-order valence-corrected chi connectivity index (χ2v) is 4.31. The molecule has 0 fully saturated rings. The number of nitrogens with two attached hydrogens (primary N) is 1. The van der Waals surface area contributed by atoms with Gasteiger partial charge in [-0.3, -0.25) is 10.1 Å². The lowest BCUT2D eigenvalue weighted by Gasteiger charge is -2.11. The molecule has 0 saturated heterocycles. The van der Waals surface area contributed by atoms with Crippen LogP contribution < -0.4 is 20.5 Å². The predicted molar refractivity (Wildman–Crippen MR) is 77.4 cm³/mol. The average molecular weight is 380 g/mol. The van der Waals surface area contributed by atoms with Gasteiger partial charge < -0.3 is 19.9 Å². The second kappa shape index (κ2) is 9.86. The summed E-state index contributed by atoms with van der Waals surface area (Å²) in [5, 5.41) is 1.64. The van der Waals surface area contributed by atoms with E-state index in [1.807, 2.05) is 0 Å². The number of carbonyl (C=O) groups is 3. The Morgan fingerprint density at radius 2 is 1.77 bits per heavy atom. The van der Waals surface area contributed by atoms with Gasteiger partial charge in [0.25, 0.3) is 5.91 Å². The van der Waals surface area contributed by atoms with Crippen LogP contribution in [-0.2, 0) is 14.3 Å². The molecular weight excluding hydrogens is 368 g/mol. The van der Waals surface area contributed by atoms with E-state index >= 15 is 0 Å². The van der Waals surface area contributed by atoms with Gasteiger partial charge in [0.05, 0.1) is 0 Å². The lowest BCUT2D eigenvalue weighted by molar-refractivity contribution is -0.143. The van der Waals surface area contributed by atoms with Gasteiger partial charge in [-0.2, -0.15) is 17.6 Å². The Morgan fingerprint density at radius 1 is 1.12 bits per heavy atom. The van der Waals surface area contributed by atoms with Crippen molar-refractivity contribution in [2.45, 2.75) is 13.2 Å². The first kappa shape index (κ1) is 20.7. The largest absolute Gasteiger partial charge is 0.452 e. The molecule has 12 heteroatoms. The van der Waals surface area contributed by atoms with E-state index in [4.69, 9.17) is 0 Å². The lowest BCUT2D eigenvalue weighted by Crippen LogP contribution is -2.37. The van der Waals surface area contributed by atoms with Crippen molar-refractivity contribution in [3.8, 4) is 11.5 Å². The quantitative estimate of drug-likeness (QED) is 0.402. The third-order valence-electron chi connectivity index (χ3n) is 2.43. The molecule has 0 aromatic heterocycles. The number of ether oxygens (including phenoxy) is 3. The lowest BCUT2D eigenvalue weighted by atomic mass is 10.1. The molecule has 8 nitrogen and oxygen atoms in total. The number of carbonyl (C=O) groups excluding carboxylic acids is 3. The topological polar surface area (TPSA) is 117 Å². The number of esters is 1. The molecule has 0 bridgehead atoms. The van der Waals surface area contributed by atoms with E-state index in [0.717, 1.165) is 30.4 Å². The third-order valence-corrected chi connectivity index (χ3v) is 2.43. The monoisotopic (exact) mass is 380 g/mol. The summed E-state index contributed by atoms with van der Waals surface area (Å²) >= 11 is 0. The average Bonchev–Trinajstić information content (AvgIpc) is 2.50. The van der Waals surface area contributed by atoms with Gasteiger partial charge in [-0.1, -0.05) is 0 Å². The van der Waals surface area contributed by atoms with E-state index in [1.54, 1.807) is 5.32 Å². The number of rotatable bonds is 8. The van der Waals surface area contributed by atoms with Crippen molar-refractivity contribution in [2.75, 3.05) is 6.61 Å². The van der Waals surface area contributed by atoms with Crippen LogP contribution in [0.25, 0.3) is 6.08 Å². The predicted octanol–water partition coefficient (Wildman–Crippen LogP) is 1.64. The molecule has 0 unspecified atom stereocenters. The molecule has 0 aliphatic carbocycles. The van der Waals surface area contributed by atoms with Crippen LogP contribution in [-0.4, -0.2) is 37.7 Å². The number of imide groups is 1. The molecule has 0 atom stereocenters. The van der Waals surface area contributed by atoms with Gasteiger partial charge in [-0.25, -0.2) is 9.59 Å². The number of halogens is 4. The van der Waals surface area contributed by atoms with Crippen molar-refractivity contribution >= 4 is 24.0 Å². The van der Waals surface area contributed by atoms with E-state index < -0.39 is 49.2 Å². The minimum atomic E-state index is -3.26. The number of primary amides is 1. The maximum absolute atomic E-state index is 12.4. The van der Waals surface area contributed by atoms with Crippen LogP contribution in [0.4, 0.5) is 22.4 Å². The summed E-state index contributed by atoms with van der Waals surface area (Å²) in [4.78, 5) is 32.9. The SMILES string of the molecule is NC(=O)NC(=O)COC(=O)/C=C/c1ccc(OC(F)F)cc1OC(F)F.